The highest BCUT2D eigenvalue weighted by Crippen LogP contribution is 2.41. The molecule has 0 saturated heterocycles. The number of halogens is 2. The van der Waals surface area contributed by atoms with Crippen molar-refractivity contribution in [3.05, 3.63) is 98.5 Å². The minimum Gasteiger partial charge on any atom is -0.482 e. The molecule has 35 heavy (non-hydrogen) atoms. The summed E-state index contributed by atoms with van der Waals surface area (Å²) in [4.78, 5) is 27.0. The van der Waals surface area contributed by atoms with Gasteiger partial charge in [0.2, 0.25) is 0 Å². The Balaban J connectivity index is 1.66. The van der Waals surface area contributed by atoms with Crippen LogP contribution in [0.1, 0.15) is 35.2 Å². The number of esters is 1. The summed E-state index contributed by atoms with van der Waals surface area (Å²) >= 11 is 9.87. The minimum absolute atomic E-state index is 0.132. The highest BCUT2D eigenvalue weighted by Gasteiger charge is 2.35. The van der Waals surface area contributed by atoms with Crippen LogP contribution in [0.4, 0.5) is 4.79 Å². The zero-order valence-corrected chi connectivity index (χ0v) is 21.6. The summed E-state index contributed by atoms with van der Waals surface area (Å²) in [6, 6.07) is 20.2. The van der Waals surface area contributed by atoms with Gasteiger partial charge in [0, 0.05) is 27.2 Å². The zero-order chi connectivity index (χ0) is 24.8. The maximum atomic E-state index is 13.4. The minimum atomic E-state index is -0.498. The fourth-order valence-corrected chi connectivity index (χ4v) is 4.72. The molecule has 1 unspecified atom stereocenters. The molecule has 8 heteroatoms. The Kier molecular flexibility index (Phi) is 8.31. The number of rotatable bonds is 7. The largest absolute Gasteiger partial charge is 0.482 e. The molecule has 182 valence electrons. The maximum absolute atomic E-state index is 13.4. The van der Waals surface area contributed by atoms with E-state index in [1.54, 1.807) is 30.0 Å². The van der Waals surface area contributed by atoms with Gasteiger partial charge in [-0.2, -0.15) is 0 Å². The third-order valence-corrected chi connectivity index (χ3v) is 6.75. The maximum Gasteiger partial charge on any atom is 0.410 e. The lowest BCUT2D eigenvalue weighted by molar-refractivity contribution is -0.145. The molecule has 0 fully saturated rings. The molecule has 1 amide bonds. The van der Waals surface area contributed by atoms with Crippen LogP contribution in [0.5, 0.6) is 5.75 Å². The second-order valence-corrected chi connectivity index (χ2v) is 9.26. The molecule has 3 aromatic rings. The molecule has 4 rings (SSSR count). The number of carbonyl (C=O) groups is 2. The van der Waals surface area contributed by atoms with Gasteiger partial charge in [-0.05, 0) is 48.7 Å². The van der Waals surface area contributed by atoms with Crippen LogP contribution in [0.15, 0.2) is 71.2 Å². The van der Waals surface area contributed by atoms with Crippen LogP contribution < -0.4 is 4.74 Å². The highest BCUT2D eigenvalue weighted by molar-refractivity contribution is 9.10. The van der Waals surface area contributed by atoms with Gasteiger partial charge < -0.3 is 14.2 Å². The number of fused-ring (bicyclic) bond motifs is 1. The van der Waals surface area contributed by atoms with Crippen LogP contribution in [0.3, 0.4) is 0 Å². The van der Waals surface area contributed by atoms with Gasteiger partial charge in [0.25, 0.3) is 0 Å². The van der Waals surface area contributed by atoms with E-state index in [0.717, 1.165) is 21.2 Å². The second-order valence-electron chi connectivity index (χ2n) is 7.97. The summed E-state index contributed by atoms with van der Waals surface area (Å²) in [5.41, 5.74) is 3.63. The average molecular weight is 559 g/mol. The fourth-order valence-electron chi connectivity index (χ4n) is 4.14. The van der Waals surface area contributed by atoms with Crippen molar-refractivity contribution in [2.75, 3.05) is 19.8 Å². The van der Waals surface area contributed by atoms with Gasteiger partial charge in [-0.25, -0.2) is 9.59 Å². The number of amides is 1. The Morgan fingerprint density at radius 3 is 2.60 bits per heavy atom. The van der Waals surface area contributed by atoms with Crippen LogP contribution in [-0.2, 0) is 27.3 Å². The summed E-state index contributed by atoms with van der Waals surface area (Å²) in [5, 5.41) is 0.494. The van der Waals surface area contributed by atoms with Crippen molar-refractivity contribution in [1.82, 2.24) is 4.90 Å². The van der Waals surface area contributed by atoms with E-state index in [9.17, 15) is 9.59 Å². The Hall–Kier alpha value is -3.03. The lowest BCUT2D eigenvalue weighted by Crippen LogP contribution is -2.41. The van der Waals surface area contributed by atoms with E-state index in [1.165, 1.54) is 0 Å². The summed E-state index contributed by atoms with van der Waals surface area (Å²) in [6.07, 6.45) is 0.243. The Morgan fingerprint density at radius 2 is 1.80 bits per heavy atom. The average Bonchev–Trinajstić information content (AvgIpc) is 2.86. The van der Waals surface area contributed by atoms with E-state index in [-0.39, 0.29) is 19.8 Å². The first kappa shape index (κ1) is 25.1. The van der Waals surface area contributed by atoms with Crippen LogP contribution >= 0.6 is 27.5 Å². The van der Waals surface area contributed by atoms with Crippen molar-refractivity contribution in [3.8, 4) is 5.75 Å². The molecule has 0 bridgehead atoms. The Morgan fingerprint density at radius 1 is 1.03 bits per heavy atom. The molecule has 3 aromatic carbocycles. The fraction of sp³-hybridized carbons (Fsp3) is 0.259. The normalized spacial score (nSPS) is 14.7. The predicted octanol–water partition coefficient (Wildman–Crippen LogP) is 6.33. The SMILES string of the molecule is CCOC(=O)COc1ccc(Cl)cc1C1c2ccccc2CCN1C(=O)OCc1ccccc1Br. The summed E-state index contributed by atoms with van der Waals surface area (Å²) in [5.74, 6) is -0.0186. The topological polar surface area (TPSA) is 65.1 Å². The number of carbonyl (C=O) groups excluding carboxylic acids is 2. The van der Waals surface area contributed by atoms with Crippen LogP contribution in [0, 0.1) is 0 Å². The molecule has 0 spiro atoms. The quantitative estimate of drug-likeness (QED) is 0.317. The number of hydrogen-bond donors (Lipinski definition) is 0. The third kappa shape index (κ3) is 5.97. The van der Waals surface area contributed by atoms with Crippen molar-refractivity contribution in [1.29, 1.82) is 0 Å². The molecular formula is C27H25BrClNO5. The van der Waals surface area contributed by atoms with E-state index in [4.69, 9.17) is 25.8 Å². The van der Waals surface area contributed by atoms with E-state index >= 15 is 0 Å². The van der Waals surface area contributed by atoms with Crippen molar-refractivity contribution in [2.24, 2.45) is 0 Å². The first-order valence-electron chi connectivity index (χ1n) is 11.3. The van der Waals surface area contributed by atoms with E-state index in [0.29, 0.717) is 29.3 Å². The van der Waals surface area contributed by atoms with Gasteiger partial charge in [0.05, 0.1) is 12.6 Å². The molecule has 1 atom stereocenters. The first-order valence-corrected chi connectivity index (χ1v) is 12.5. The second kappa shape index (κ2) is 11.6. The number of hydrogen-bond acceptors (Lipinski definition) is 5. The van der Waals surface area contributed by atoms with Crippen molar-refractivity contribution in [3.63, 3.8) is 0 Å². The van der Waals surface area contributed by atoms with Gasteiger partial charge in [0.15, 0.2) is 6.61 Å². The van der Waals surface area contributed by atoms with Gasteiger partial charge in [0.1, 0.15) is 12.4 Å². The van der Waals surface area contributed by atoms with Gasteiger partial charge in [-0.3, -0.25) is 4.90 Å². The lowest BCUT2D eigenvalue weighted by Gasteiger charge is -2.37. The Labute approximate surface area is 217 Å². The highest BCUT2D eigenvalue weighted by atomic mass is 79.9. The standard InChI is InChI=1S/C27H25BrClNO5/c1-2-33-25(31)17-34-24-12-11-20(29)15-22(24)26-21-9-5-3-7-18(21)13-14-30(26)27(32)35-16-19-8-4-6-10-23(19)28/h3-12,15,26H,2,13-14,16-17H2,1H3. The Bertz CT molecular complexity index is 1220. The summed E-state index contributed by atoms with van der Waals surface area (Å²) in [6.45, 7) is 2.35. The molecule has 0 N–H and O–H groups in total. The molecule has 0 radical (unpaired) electrons. The van der Waals surface area contributed by atoms with Crippen molar-refractivity contribution < 1.29 is 23.8 Å². The predicted molar refractivity (Wildman–Crippen MR) is 137 cm³/mol. The molecule has 0 saturated carbocycles. The molecule has 0 aromatic heterocycles. The van der Waals surface area contributed by atoms with Gasteiger partial charge >= 0.3 is 12.1 Å². The lowest BCUT2D eigenvalue weighted by atomic mass is 9.88. The molecular weight excluding hydrogens is 534 g/mol. The van der Waals surface area contributed by atoms with E-state index in [2.05, 4.69) is 22.0 Å². The van der Waals surface area contributed by atoms with E-state index in [1.807, 2.05) is 42.5 Å². The monoisotopic (exact) mass is 557 g/mol. The van der Waals surface area contributed by atoms with Crippen molar-refractivity contribution in [2.45, 2.75) is 26.0 Å². The first-order chi connectivity index (χ1) is 17.0. The third-order valence-electron chi connectivity index (χ3n) is 5.74. The van der Waals surface area contributed by atoms with E-state index < -0.39 is 18.1 Å². The smallest absolute Gasteiger partial charge is 0.410 e. The summed E-state index contributed by atoms with van der Waals surface area (Å²) < 4.78 is 17.4. The van der Waals surface area contributed by atoms with Gasteiger partial charge in [-0.1, -0.05) is 70.0 Å². The molecule has 1 heterocycles. The van der Waals surface area contributed by atoms with Crippen LogP contribution in [0.25, 0.3) is 0 Å². The molecule has 1 aliphatic rings. The van der Waals surface area contributed by atoms with Crippen LogP contribution in [0.2, 0.25) is 5.02 Å². The van der Waals surface area contributed by atoms with Crippen LogP contribution in [-0.4, -0.2) is 36.7 Å². The number of nitrogens with zero attached hydrogens (tertiary/aromatic N) is 1. The number of benzene rings is 3. The summed E-state index contributed by atoms with van der Waals surface area (Å²) in [7, 11) is 0. The number of ether oxygens (including phenoxy) is 3. The zero-order valence-electron chi connectivity index (χ0n) is 19.2. The molecule has 6 nitrogen and oxygen atoms in total. The van der Waals surface area contributed by atoms with Gasteiger partial charge in [-0.15, -0.1) is 0 Å². The molecule has 0 aliphatic carbocycles. The van der Waals surface area contributed by atoms with Crippen molar-refractivity contribution >= 4 is 39.6 Å². The molecule has 1 aliphatic heterocycles.